The molecular weight excluding hydrogens is 308 g/mol. The normalized spacial score (nSPS) is 16.5. The summed E-state index contributed by atoms with van der Waals surface area (Å²) in [6, 6.07) is 13.8. The Bertz CT molecular complexity index is 832. The minimum absolute atomic E-state index is 0.0104. The maximum absolute atomic E-state index is 12.0. The lowest BCUT2D eigenvalue weighted by molar-refractivity contribution is -0.116. The van der Waals surface area contributed by atoms with E-state index in [9.17, 15) is 4.79 Å². The average molecular weight is 322 g/mol. The number of anilines is 3. The molecule has 0 saturated heterocycles. The Hall–Kier alpha value is -2.73. The second-order valence-corrected chi connectivity index (χ2v) is 6.34. The molecule has 5 nitrogen and oxygen atoms in total. The molecule has 0 radical (unpaired) electrons. The number of fused-ring (bicyclic) bond motifs is 1. The first-order valence-electron chi connectivity index (χ1n) is 7.32. The molecule has 2 N–H and O–H groups in total. The lowest BCUT2D eigenvalue weighted by Gasteiger charge is -2.21. The van der Waals surface area contributed by atoms with E-state index in [1.165, 1.54) is 0 Å². The molecule has 0 aliphatic carbocycles. The molecule has 1 aliphatic heterocycles. The van der Waals surface area contributed by atoms with Gasteiger partial charge in [0, 0.05) is 30.4 Å². The van der Waals surface area contributed by atoms with Gasteiger partial charge >= 0.3 is 0 Å². The van der Waals surface area contributed by atoms with Crippen molar-refractivity contribution in [2.24, 2.45) is 0 Å². The van der Waals surface area contributed by atoms with Crippen LogP contribution in [0.15, 0.2) is 54.9 Å². The number of carbonyl (C=O) groups is 1. The van der Waals surface area contributed by atoms with Crippen LogP contribution < -0.4 is 10.6 Å². The highest BCUT2D eigenvalue weighted by Gasteiger charge is 2.30. The van der Waals surface area contributed by atoms with Crippen LogP contribution in [0.25, 0.3) is 0 Å². The van der Waals surface area contributed by atoms with Crippen molar-refractivity contribution in [2.45, 2.75) is 12.3 Å². The molecule has 0 bridgehead atoms. The van der Waals surface area contributed by atoms with E-state index in [2.05, 4.69) is 20.6 Å². The Kier molecular flexibility index (Phi) is 3.51. The highest BCUT2D eigenvalue weighted by molar-refractivity contribution is 7.16. The van der Waals surface area contributed by atoms with Crippen LogP contribution in [-0.2, 0) is 4.79 Å². The van der Waals surface area contributed by atoms with Gasteiger partial charge in [0.15, 0.2) is 5.13 Å². The molecule has 1 aliphatic rings. The van der Waals surface area contributed by atoms with Gasteiger partial charge in [-0.25, -0.2) is 4.98 Å². The number of rotatable bonds is 3. The number of nitrogens with zero attached hydrogens (tertiary/aromatic N) is 2. The van der Waals surface area contributed by atoms with Crippen molar-refractivity contribution in [3.63, 3.8) is 0 Å². The third-order valence-electron chi connectivity index (χ3n) is 3.73. The van der Waals surface area contributed by atoms with Gasteiger partial charge in [0.1, 0.15) is 5.82 Å². The number of pyridine rings is 1. The molecule has 1 amide bonds. The number of para-hydroxylation sites is 1. The molecule has 1 unspecified atom stereocenters. The van der Waals surface area contributed by atoms with Gasteiger partial charge in [-0.1, -0.05) is 35.6 Å². The third kappa shape index (κ3) is 2.80. The smallest absolute Gasteiger partial charge is 0.226 e. The SMILES string of the molecule is O=C1CC(c2cccnc2)c2sc(Nc3ccccc3)nc2N1. The van der Waals surface area contributed by atoms with E-state index in [1.807, 2.05) is 48.7 Å². The van der Waals surface area contributed by atoms with E-state index >= 15 is 0 Å². The summed E-state index contributed by atoms with van der Waals surface area (Å²) in [7, 11) is 0. The zero-order valence-corrected chi connectivity index (χ0v) is 13.0. The standard InChI is InChI=1S/C17H14N4OS/c22-14-9-13(11-5-4-8-18-10-11)15-16(20-14)21-17(23-15)19-12-6-2-1-3-7-12/h1-8,10,13H,9H2,(H,19,21)(H,20,22). The zero-order valence-electron chi connectivity index (χ0n) is 12.2. The Labute approximate surface area is 137 Å². The molecule has 2 aromatic heterocycles. The molecule has 0 fully saturated rings. The van der Waals surface area contributed by atoms with Crippen molar-refractivity contribution in [1.82, 2.24) is 9.97 Å². The Morgan fingerprint density at radius 3 is 2.83 bits per heavy atom. The van der Waals surface area contributed by atoms with Crippen LogP contribution in [0.2, 0.25) is 0 Å². The topological polar surface area (TPSA) is 66.9 Å². The summed E-state index contributed by atoms with van der Waals surface area (Å²) in [5.41, 5.74) is 2.02. The van der Waals surface area contributed by atoms with E-state index in [1.54, 1.807) is 17.5 Å². The van der Waals surface area contributed by atoms with Crippen LogP contribution in [-0.4, -0.2) is 15.9 Å². The van der Waals surface area contributed by atoms with Crippen molar-refractivity contribution in [1.29, 1.82) is 0 Å². The van der Waals surface area contributed by atoms with Gasteiger partial charge in [-0.3, -0.25) is 9.78 Å². The number of thiazole rings is 1. The number of hydrogen-bond acceptors (Lipinski definition) is 5. The first-order valence-corrected chi connectivity index (χ1v) is 8.14. The molecule has 114 valence electrons. The van der Waals surface area contributed by atoms with E-state index in [-0.39, 0.29) is 11.8 Å². The highest BCUT2D eigenvalue weighted by Crippen LogP contribution is 2.42. The Morgan fingerprint density at radius 2 is 2.04 bits per heavy atom. The highest BCUT2D eigenvalue weighted by atomic mass is 32.1. The number of nitrogens with one attached hydrogen (secondary N) is 2. The lowest BCUT2D eigenvalue weighted by atomic mass is 9.93. The van der Waals surface area contributed by atoms with Gasteiger partial charge < -0.3 is 10.6 Å². The summed E-state index contributed by atoms with van der Waals surface area (Å²) in [5.74, 6) is 0.651. The van der Waals surface area contributed by atoms with Gasteiger partial charge in [-0.05, 0) is 23.8 Å². The quantitative estimate of drug-likeness (QED) is 0.770. The predicted octanol–water partition coefficient (Wildman–Crippen LogP) is 3.76. The first kappa shape index (κ1) is 13.9. The summed E-state index contributed by atoms with van der Waals surface area (Å²) < 4.78 is 0. The predicted molar refractivity (Wildman–Crippen MR) is 91.2 cm³/mol. The van der Waals surface area contributed by atoms with Crippen LogP contribution in [0, 0.1) is 0 Å². The fourth-order valence-corrected chi connectivity index (χ4v) is 3.74. The molecule has 0 spiro atoms. The minimum Gasteiger partial charge on any atom is -0.331 e. The van der Waals surface area contributed by atoms with Crippen molar-refractivity contribution in [2.75, 3.05) is 10.6 Å². The van der Waals surface area contributed by atoms with E-state index < -0.39 is 0 Å². The van der Waals surface area contributed by atoms with Gasteiger partial charge in [0.05, 0.1) is 4.88 Å². The number of aromatic nitrogens is 2. The first-order chi connectivity index (χ1) is 11.3. The number of carbonyl (C=O) groups excluding carboxylic acids is 1. The van der Waals surface area contributed by atoms with Gasteiger partial charge in [-0.2, -0.15) is 0 Å². The maximum atomic E-state index is 12.0. The van der Waals surface area contributed by atoms with Crippen LogP contribution in [0.5, 0.6) is 0 Å². The van der Waals surface area contributed by atoms with Gasteiger partial charge in [0.2, 0.25) is 5.91 Å². The van der Waals surface area contributed by atoms with Crippen LogP contribution in [0.4, 0.5) is 16.6 Å². The fourth-order valence-electron chi connectivity index (χ4n) is 2.67. The van der Waals surface area contributed by atoms with Crippen molar-refractivity contribution in [3.8, 4) is 0 Å². The van der Waals surface area contributed by atoms with Crippen molar-refractivity contribution >= 4 is 33.9 Å². The maximum Gasteiger partial charge on any atom is 0.226 e. The van der Waals surface area contributed by atoms with E-state index in [0.717, 1.165) is 21.3 Å². The number of hydrogen-bond donors (Lipinski definition) is 2. The van der Waals surface area contributed by atoms with Crippen molar-refractivity contribution in [3.05, 3.63) is 65.3 Å². The average Bonchev–Trinajstić information content (AvgIpc) is 2.98. The fraction of sp³-hybridized carbons (Fsp3) is 0.118. The third-order valence-corrected chi connectivity index (χ3v) is 4.81. The Morgan fingerprint density at radius 1 is 1.17 bits per heavy atom. The zero-order chi connectivity index (χ0) is 15.6. The number of benzene rings is 1. The lowest BCUT2D eigenvalue weighted by Crippen LogP contribution is -2.22. The molecule has 23 heavy (non-hydrogen) atoms. The molecular formula is C17H14N4OS. The second kappa shape index (κ2) is 5.81. The van der Waals surface area contributed by atoms with Crippen LogP contribution in [0.3, 0.4) is 0 Å². The summed E-state index contributed by atoms with van der Waals surface area (Å²) in [6.45, 7) is 0. The molecule has 1 aromatic carbocycles. The molecule has 3 heterocycles. The molecule has 4 rings (SSSR count). The van der Waals surface area contributed by atoms with Crippen LogP contribution in [0.1, 0.15) is 22.8 Å². The summed E-state index contributed by atoms with van der Waals surface area (Å²) in [4.78, 5) is 21.8. The number of amides is 1. The van der Waals surface area contributed by atoms with E-state index in [0.29, 0.717) is 12.2 Å². The van der Waals surface area contributed by atoms with Gasteiger partial charge in [0.25, 0.3) is 0 Å². The van der Waals surface area contributed by atoms with Gasteiger partial charge in [-0.15, -0.1) is 0 Å². The monoisotopic (exact) mass is 322 g/mol. The Balaban J connectivity index is 1.69. The van der Waals surface area contributed by atoms with E-state index in [4.69, 9.17) is 0 Å². The largest absolute Gasteiger partial charge is 0.331 e. The second-order valence-electron chi connectivity index (χ2n) is 5.31. The summed E-state index contributed by atoms with van der Waals surface area (Å²) >= 11 is 1.57. The summed E-state index contributed by atoms with van der Waals surface area (Å²) in [6.07, 6.45) is 3.98. The minimum atomic E-state index is -0.0112. The summed E-state index contributed by atoms with van der Waals surface area (Å²) in [5, 5.41) is 6.93. The molecule has 0 saturated carbocycles. The molecule has 3 aromatic rings. The molecule has 1 atom stereocenters. The van der Waals surface area contributed by atoms with Crippen molar-refractivity contribution < 1.29 is 4.79 Å². The van der Waals surface area contributed by atoms with Crippen LogP contribution >= 0.6 is 11.3 Å². The molecule has 6 heteroatoms.